The van der Waals surface area contributed by atoms with Gasteiger partial charge in [-0.15, -0.1) is 21.5 Å². The minimum Gasteiger partial charge on any atom is -0.366 e. The molecule has 1 aromatic carbocycles. The molecule has 0 aliphatic carbocycles. The number of primary amides is 1. The molecule has 3 rings (SSSR count). The number of benzene rings is 1. The lowest BCUT2D eigenvalue weighted by molar-refractivity contribution is -0.113. The number of nitrogens with zero attached hydrogens (tertiary/aromatic N) is 3. The maximum atomic E-state index is 12.2. The van der Waals surface area contributed by atoms with Crippen LogP contribution >= 0.6 is 23.1 Å². The van der Waals surface area contributed by atoms with Crippen LogP contribution in [0.1, 0.15) is 17.3 Å². The van der Waals surface area contributed by atoms with Crippen LogP contribution < -0.4 is 11.1 Å². The van der Waals surface area contributed by atoms with E-state index >= 15 is 0 Å². The molecule has 0 saturated heterocycles. The van der Waals surface area contributed by atoms with Crippen molar-refractivity contribution in [1.29, 1.82) is 0 Å². The first-order valence-corrected chi connectivity index (χ1v) is 9.74. The highest BCUT2D eigenvalue weighted by Crippen LogP contribution is 2.27. The zero-order valence-electron chi connectivity index (χ0n) is 14.0. The van der Waals surface area contributed by atoms with Gasteiger partial charge in [0.15, 0.2) is 11.0 Å². The Kier molecular flexibility index (Phi) is 5.69. The largest absolute Gasteiger partial charge is 0.366 e. The Morgan fingerprint density at radius 1 is 1.23 bits per heavy atom. The Hall–Kier alpha value is -2.65. The molecule has 0 unspecified atom stereocenters. The molecular formula is C17H17N5O2S2. The standard InChI is InChI=1S/C17H17N5O2S2/c1-2-22-16(13-4-3-9-25-13)20-21-17(22)26-10-14(23)19-12-7-5-11(6-8-12)15(18)24/h3-9H,2,10H2,1H3,(H2,18,24)(H,19,23). The average molecular weight is 387 g/mol. The lowest BCUT2D eigenvalue weighted by atomic mass is 10.2. The van der Waals surface area contributed by atoms with E-state index in [4.69, 9.17) is 5.73 Å². The van der Waals surface area contributed by atoms with Crippen LogP contribution in [0.3, 0.4) is 0 Å². The molecule has 0 aliphatic rings. The summed E-state index contributed by atoms with van der Waals surface area (Å²) in [6.07, 6.45) is 0. The van der Waals surface area contributed by atoms with Gasteiger partial charge in [-0.1, -0.05) is 17.8 Å². The molecule has 134 valence electrons. The second-order valence-corrected chi connectivity index (χ2v) is 7.20. The Balaban J connectivity index is 1.62. The zero-order valence-corrected chi connectivity index (χ0v) is 15.6. The van der Waals surface area contributed by atoms with Gasteiger partial charge in [-0.3, -0.25) is 9.59 Å². The summed E-state index contributed by atoms with van der Waals surface area (Å²) < 4.78 is 1.99. The van der Waals surface area contributed by atoms with Crippen molar-refractivity contribution in [2.75, 3.05) is 11.1 Å². The summed E-state index contributed by atoms with van der Waals surface area (Å²) in [7, 11) is 0. The number of aromatic nitrogens is 3. The van der Waals surface area contributed by atoms with Gasteiger partial charge in [0.05, 0.1) is 10.6 Å². The summed E-state index contributed by atoms with van der Waals surface area (Å²) in [5.41, 5.74) is 6.20. The second-order valence-electron chi connectivity index (χ2n) is 5.31. The van der Waals surface area contributed by atoms with Gasteiger partial charge in [-0.05, 0) is 42.6 Å². The number of carbonyl (C=O) groups excluding carboxylic acids is 2. The smallest absolute Gasteiger partial charge is 0.248 e. The van der Waals surface area contributed by atoms with Crippen molar-refractivity contribution < 1.29 is 9.59 Å². The summed E-state index contributed by atoms with van der Waals surface area (Å²) in [4.78, 5) is 24.3. The van der Waals surface area contributed by atoms with Crippen molar-refractivity contribution in [2.45, 2.75) is 18.6 Å². The first kappa shape index (κ1) is 18.2. The third kappa shape index (κ3) is 4.12. The monoisotopic (exact) mass is 387 g/mol. The molecular weight excluding hydrogens is 370 g/mol. The number of thiophene rings is 1. The van der Waals surface area contributed by atoms with Gasteiger partial charge in [0.2, 0.25) is 11.8 Å². The summed E-state index contributed by atoms with van der Waals surface area (Å²) >= 11 is 2.94. The minimum atomic E-state index is -0.501. The Morgan fingerprint density at radius 3 is 2.62 bits per heavy atom. The van der Waals surface area contributed by atoms with Crippen LogP contribution in [0.25, 0.3) is 10.7 Å². The molecule has 0 atom stereocenters. The molecule has 0 spiro atoms. The number of amides is 2. The highest BCUT2D eigenvalue weighted by molar-refractivity contribution is 7.99. The third-order valence-electron chi connectivity index (χ3n) is 3.56. The summed E-state index contributed by atoms with van der Waals surface area (Å²) in [6, 6.07) is 10.4. The van der Waals surface area contributed by atoms with Crippen molar-refractivity contribution >= 4 is 40.6 Å². The summed E-state index contributed by atoms with van der Waals surface area (Å²) in [6.45, 7) is 2.74. The number of thioether (sulfide) groups is 1. The topological polar surface area (TPSA) is 103 Å². The van der Waals surface area contributed by atoms with Crippen molar-refractivity contribution in [3.05, 3.63) is 47.3 Å². The molecule has 26 heavy (non-hydrogen) atoms. The fourth-order valence-corrected chi connectivity index (χ4v) is 3.83. The normalized spacial score (nSPS) is 10.7. The Labute approximate surface area is 158 Å². The fraction of sp³-hybridized carbons (Fsp3) is 0.176. The molecule has 0 radical (unpaired) electrons. The number of carbonyl (C=O) groups is 2. The van der Waals surface area contributed by atoms with Crippen molar-refractivity contribution in [3.63, 3.8) is 0 Å². The molecule has 2 aromatic heterocycles. The van der Waals surface area contributed by atoms with Crippen LogP contribution in [-0.2, 0) is 11.3 Å². The quantitative estimate of drug-likeness (QED) is 0.607. The predicted molar refractivity (Wildman–Crippen MR) is 103 cm³/mol. The average Bonchev–Trinajstić information content (AvgIpc) is 3.29. The van der Waals surface area contributed by atoms with E-state index in [1.807, 2.05) is 29.0 Å². The first-order chi connectivity index (χ1) is 12.6. The number of hydrogen-bond acceptors (Lipinski definition) is 6. The van der Waals surface area contributed by atoms with Gasteiger partial charge in [-0.25, -0.2) is 0 Å². The summed E-state index contributed by atoms with van der Waals surface area (Å²) in [5, 5.41) is 13.9. The van der Waals surface area contributed by atoms with Crippen LogP contribution in [0.4, 0.5) is 5.69 Å². The van der Waals surface area contributed by atoms with Crippen LogP contribution in [0.15, 0.2) is 46.9 Å². The Morgan fingerprint density at radius 2 is 2.00 bits per heavy atom. The molecule has 2 amide bonds. The maximum Gasteiger partial charge on any atom is 0.248 e. The van der Waals surface area contributed by atoms with Crippen molar-refractivity contribution in [2.24, 2.45) is 5.73 Å². The highest BCUT2D eigenvalue weighted by atomic mass is 32.2. The van der Waals surface area contributed by atoms with Crippen molar-refractivity contribution in [1.82, 2.24) is 14.8 Å². The van der Waals surface area contributed by atoms with Gasteiger partial charge in [0.1, 0.15) is 0 Å². The number of nitrogens with two attached hydrogens (primary N) is 1. The van der Waals surface area contributed by atoms with Crippen LogP contribution in [-0.4, -0.2) is 32.3 Å². The molecule has 3 N–H and O–H groups in total. The molecule has 2 heterocycles. The molecule has 0 saturated carbocycles. The number of rotatable bonds is 7. The van der Waals surface area contributed by atoms with E-state index in [9.17, 15) is 9.59 Å². The third-order valence-corrected chi connectivity index (χ3v) is 5.39. The van der Waals surface area contributed by atoms with Gasteiger partial charge in [0.25, 0.3) is 0 Å². The molecule has 0 bridgehead atoms. The van der Waals surface area contributed by atoms with Crippen LogP contribution in [0, 0.1) is 0 Å². The second kappa shape index (κ2) is 8.15. The van der Waals surface area contributed by atoms with E-state index in [-0.39, 0.29) is 11.7 Å². The highest BCUT2D eigenvalue weighted by Gasteiger charge is 2.15. The SMILES string of the molecule is CCn1c(SCC(=O)Nc2ccc(C(N)=O)cc2)nnc1-c1cccs1. The predicted octanol–water partition coefficient (Wildman–Crippen LogP) is 2.86. The minimum absolute atomic E-state index is 0.162. The lowest BCUT2D eigenvalue weighted by Gasteiger charge is -2.07. The zero-order chi connectivity index (χ0) is 18.5. The summed E-state index contributed by atoms with van der Waals surface area (Å²) in [5.74, 6) is 0.358. The first-order valence-electron chi connectivity index (χ1n) is 7.88. The number of hydrogen-bond donors (Lipinski definition) is 2. The van der Waals surface area contributed by atoms with Crippen LogP contribution in [0.2, 0.25) is 0 Å². The van der Waals surface area contributed by atoms with E-state index in [2.05, 4.69) is 15.5 Å². The molecule has 7 nitrogen and oxygen atoms in total. The van der Waals surface area contributed by atoms with E-state index in [1.54, 1.807) is 35.6 Å². The van der Waals surface area contributed by atoms with Crippen molar-refractivity contribution in [3.8, 4) is 10.7 Å². The Bertz CT molecular complexity index is 904. The molecule has 3 aromatic rings. The molecule has 0 aliphatic heterocycles. The molecule has 0 fully saturated rings. The van der Waals surface area contributed by atoms with E-state index < -0.39 is 5.91 Å². The van der Waals surface area contributed by atoms with Gasteiger partial charge in [0, 0.05) is 17.8 Å². The van der Waals surface area contributed by atoms with Crippen LogP contribution in [0.5, 0.6) is 0 Å². The van der Waals surface area contributed by atoms with Gasteiger partial charge in [-0.2, -0.15) is 0 Å². The number of nitrogens with one attached hydrogen (secondary N) is 1. The van der Waals surface area contributed by atoms with E-state index in [0.29, 0.717) is 16.4 Å². The fourth-order valence-electron chi connectivity index (χ4n) is 2.31. The number of anilines is 1. The van der Waals surface area contributed by atoms with Gasteiger partial charge < -0.3 is 15.6 Å². The molecule has 9 heteroatoms. The maximum absolute atomic E-state index is 12.2. The van der Waals surface area contributed by atoms with E-state index in [1.165, 1.54) is 11.8 Å². The van der Waals surface area contributed by atoms with Gasteiger partial charge >= 0.3 is 0 Å². The lowest BCUT2D eigenvalue weighted by Crippen LogP contribution is -2.15. The van der Waals surface area contributed by atoms with E-state index in [0.717, 1.165) is 17.2 Å².